The lowest BCUT2D eigenvalue weighted by molar-refractivity contribution is -0.144. The number of hydrogen-bond donors (Lipinski definition) is 1. The lowest BCUT2D eigenvalue weighted by Crippen LogP contribution is -2.20. The lowest BCUT2D eigenvalue weighted by atomic mass is 10.2. The molecule has 1 N–H and O–H groups in total. The van der Waals surface area contributed by atoms with Crippen molar-refractivity contribution in [3.8, 4) is 0 Å². The van der Waals surface area contributed by atoms with Crippen molar-refractivity contribution >= 4 is 16.3 Å². The van der Waals surface area contributed by atoms with Crippen LogP contribution in [0, 0.1) is 12.8 Å². The summed E-state index contributed by atoms with van der Waals surface area (Å²) in [6, 6.07) is 0.926. The van der Waals surface area contributed by atoms with Gasteiger partial charge in [0.25, 0.3) is 5.56 Å². The third kappa shape index (κ3) is 3.60. The van der Waals surface area contributed by atoms with E-state index in [0.717, 1.165) is 22.3 Å². The van der Waals surface area contributed by atoms with Gasteiger partial charge in [-0.1, -0.05) is 0 Å². The molecular formula is C17H14F6N4O2S. The molecule has 3 aromatic rings. The summed E-state index contributed by atoms with van der Waals surface area (Å²) >= 11 is 1.16. The van der Waals surface area contributed by atoms with E-state index in [-0.39, 0.29) is 39.8 Å². The van der Waals surface area contributed by atoms with Gasteiger partial charge in [-0.25, -0.2) is 4.98 Å². The number of aliphatic hydroxyl groups excluding tert-OH is 1. The summed E-state index contributed by atoms with van der Waals surface area (Å²) in [5.41, 5.74) is -3.24. The van der Waals surface area contributed by atoms with E-state index in [2.05, 4.69) is 10.1 Å². The van der Waals surface area contributed by atoms with Gasteiger partial charge in [0.1, 0.15) is 5.69 Å². The predicted molar refractivity (Wildman–Crippen MR) is 93.3 cm³/mol. The van der Waals surface area contributed by atoms with E-state index < -0.39 is 35.8 Å². The minimum absolute atomic E-state index is 0.00797. The fourth-order valence-electron chi connectivity index (χ4n) is 3.49. The first-order valence-electron chi connectivity index (χ1n) is 8.75. The number of aliphatic hydroxyl groups is 1. The third-order valence-electron chi connectivity index (χ3n) is 4.97. The molecule has 2 unspecified atom stereocenters. The number of aryl methyl sites for hydroxylation is 1. The first-order chi connectivity index (χ1) is 13.9. The van der Waals surface area contributed by atoms with Crippen LogP contribution in [0.25, 0.3) is 4.96 Å². The molecule has 4 rings (SSSR count). The van der Waals surface area contributed by atoms with Gasteiger partial charge < -0.3 is 5.11 Å². The van der Waals surface area contributed by atoms with Crippen LogP contribution in [0.15, 0.2) is 16.9 Å². The maximum Gasteiger partial charge on any atom is 0.435 e. The fourth-order valence-corrected chi connectivity index (χ4v) is 4.56. The van der Waals surface area contributed by atoms with E-state index in [9.17, 15) is 36.2 Å². The van der Waals surface area contributed by atoms with Gasteiger partial charge >= 0.3 is 12.4 Å². The third-order valence-corrected chi connectivity index (χ3v) is 5.94. The summed E-state index contributed by atoms with van der Waals surface area (Å²) in [6.45, 7) is 1.000. The Kier molecular flexibility index (Phi) is 4.73. The minimum atomic E-state index is -5.06. The molecule has 3 aromatic heterocycles. The van der Waals surface area contributed by atoms with Crippen molar-refractivity contribution in [2.24, 2.45) is 5.92 Å². The Balaban J connectivity index is 1.76. The van der Waals surface area contributed by atoms with Crippen LogP contribution in [0.5, 0.6) is 0 Å². The number of nitrogens with zero attached hydrogens (tertiary/aromatic N) is 4. The number of rotatable bonds is 4. The van der Waals surface area contributed by atoms with Gasteiger partial charge in [-0.3, -0.25) is 13.9 Å². The molecule has 1 saturated carbocycles. The summed E-state index contributed by atoms with van der Waals surface area (Å²) in [5.74, 6) is 0.0266. The molecule has 1 fully saturated rings. The molecule has 162 valence electrons. The van der Waals surface area contributed by atoms with E-state index in [1.165, 1.54) is 4.40 Å². The zero-order chi connectivity index (χ0) is 22.0. The van der Waals surface area contributed by atoms with E-state index in [4.69, 9.17) is 0 Å². The molecule has 0 spiro atoms. The molecule has 0 saturated heterocycles. The summed E-state index contributed by atoms with van der Waals surface area (Å²) in [4.78, 5) is 17.8. The predicted octanol–water partition coefficient (Wildman–Crippen LogP) is 3.44. The summed E-state index contributed by atoms with van der Waals surface area (Å²) in [6.07, 6.45) is -9.40. The van der Waals surface area contributed by atoms with Gasteiger partial charge in [0.15, 0.2) is 10.7 Å². The Bertz CT molecular complexity index is 1180. The molecule has 0 amide bonds. The van der Waals surface area contributed by atoms with Gasteiger partial charge in [0.05, 0.1) is 12.2 Å². The number of thiazole rings is 1. The standard InChI is InChI=1S/C17H14F6N4O2S/c1-7-14(10-2-8(10)6-28)27-13(29)3-9(24-15(27)30-7)5-26-12(17(21,22)23)4-11(25-26)16(18,19)20/h3-4,8,10,28H,2,5-6H2,1H3. The molecule has 0 aliphatic heterocycles. The number of alkyl halides is 6. The first kappa shape index (κ1) is 20.8. The summed E-state index contributed by atoms with van der Waals surface area (Å²) < 4.78 is 79.6. The normalized spacial score (nSPS) is 19.6. The zero-order valence-corrected chi connectivity index (χ0v) is 16.1. The maximum atomic E-state index is 13.2. The monoisotopic (exact) mass is 452 g/mol. The highest BCUT2D eigenvalue weighted by Gasteiger charge is 2.43. The smallest absolute Gasteiger partial charge is 0.396 e. The molecule has 30 heavy (non-hydrogen) atoms. The maximum absolute atomic E-state index is 13.2. The van der Waals surface area contributed by atoms with Crippen molar-refractivity contribution in [1.82, 2.24) is 19.2 Å². The van der Waals surface area contributed by atoms with Crippen LogP contribution in [-0.2, 0) is 18.9 Å². The second-order valence-electron chi connectivity index (χ2n) is 7.10. The van der Waals surface area contributed by atoms with Gasteiger partial charge in [-0.2, -0.15) is 31.4 Å². The van der Waals surface area contributed by atoms with E-state index in [0.29, 0.717) is 12.1 Å². The van der Waals surface area contributed by atoms with Gasteiger partial charge in [0.2, 0.25) is 0 Å². The second kappa shape index (κ2) is 6.80. The highest BCUT2D eigenvalue weighted by molar-refractivity contribution is 7.17. The molecule has 13 heteroatoms. The molecule has 0 radical (unpaired) electrons. The van der Waals surface area contributed by atoms with Crippen LogP contribution in [0.3, 0.4) is 0 Å². The first-order valence-corrected chi connectivity index (χ1v) is 9.57. The van der Waals surface area contributed by atoms with E-state index in [1.54, 1.807) is 6.92 Å². The van der Waals surface area contributed by atoms with Crippen LogP contribution in [0.2, 0.25) is 0 Å². The fraction of sp³-hybridized carbons (Fsp3) is 0.471. The van der Waals surface area contributed by atoms with E-state index >= 15 is 0 Å². The van der Waals surface area contributed by atoms with Crippen molar-refractivity contribution in [2.45, 2.75) is 38.2 Å². The Labute approximate surface area is 168 Å². The lowest BCUT2D eigenvalue weighted by Gasteiger charge is -2.10. The van der Waals surface area contributed by atoms with Crippen molar-refractivity contribution in [1.29, 1.82) is 0 Å². The van der Waals surface area contributed by atoms with Crippen molar-refractivity contribution in [3.63, 3.8) is 0 Å². The minimum Gasteiger partial charge on any atom is -0.396 e. The number of fused-ring (bicyclic) bond motifs is 1. The average Bonchev–Trinajstić information content (AvgIpc) is 3.10. The molecule has 1 aliphatic rings. The second-order valence-corrected chi connectivity index (χ2v) is 8.28. The molecular weight excluding hydrogens is 438 g/mol. The van der Waals surface area contributed by atoms with Gasteiger partial charge in [-0.15, -0.1) is 11.3 Å². The molecule has 0 aromatic carbocycles. The summed E-state index contributed by atoms with van der Waals surface area (Å²) in [7, 11) is 0. The Hall–Kier alpha value is -2.41. The Morgan fingerprint density at radius 1 is 1.20 bits per heavy atom. The number of hydrogen-bond acceptors (Lipinski definition) is 5. The highest BCUT2D eigenvalue weighted by atomic mass is 32.1. The van der Waals surface area contributed by atoms with Gasteiger partial charge in [0, 0.05) is 35.2 Å². The zero-order valence-electron chi connectivity index (χ0n) is 15.3. The summed E-state index contributed by atoms with van der Waals surface area (Å²) in [5, 5.41) is 12.3. The topological polar surface area (TPSA) is 72.4 Å². The largest absolute Gasteiger partial charge is 0.435 e. The number of halogens is 6. The molecule has 0 bridgehead atoms. The molecule has 1 aliphatic carbocycles. The van der Waals surface area contributed by atoms with Crippen LogP contribution in [-0.4, -0.2) is 30.9 Å². The Morgan fingerprint density at radius 2 is 1.90 bits per heavy atom. The molecule has 6 nitrogen and oxygen atoms in total. The molecule has 3 heterocycles. The van der Waals surface area contributed by atoms with Crippen LogP contribution >= 0.6 is 11.3 Å². The van der Waals surface area contributed by atoms with Crippen LogP contribution in [0.1, 0.15) is 40.0 Å². The quantitative estimate of drug-likeness (QED) is 0.616. The van der Waals surface area contributed by atoms with Crippen molar-refractivity contribution in [2.75, 3.05) is 6.61 Å². The SMILES string of the molecule is Cc1sc2nc(Cn3nc(C(F)(F)F)cc3C(F)(F)F)cc(=O)n2c1C1CC1CO. The van der Waals surface area contributed by atoms with E-state index in [1.807, 2.05) is 0 Å². The van der Waals surface area contributed by atoms with Gasteiger partial charge in [-0.05, 0) is 19.3 Å². The molecule has 2 atom stereocenters. The van der Waals surface area contributed by atoms with Crippen molar-refractivity contribution < 1.29 is 31.4 Å². The Morgan fingerprint density at radius 3 is 2.47 bits per heavy atom. The van der Waals surface area contributed by atoms with Crippen molar-refractivity contribution in [3.05, 3.63) is 50.1 Å². The number of aromatic nitrogens is 4. The highest BCUT2D eigenvalue weighted by Crippen LogP contribution is 2.49. The van der Waals surface area contributed by atoms with Crippen LogP contribution in [0.4, 0.5) is 26.3 Å². The average molecular weight is 452 g/mol. The van der Waals surface area contributed by atoms with Crippen LogP contribution < -0.4 is 5.56 Å².